The number of unbranched alkanes of at least 4 members (excludes halogenated alkanes) is 2. The van der Waals surface area contributed by atoms with Crippen molar-refractivity contribution in [3.63, 3.8) is 0 Å². The SMILES string of the molecule is CCCN(CCCO)C(=O)C1=Cc2sc(CC3CN(C(=O)CCOCCOCCOCCOCCOCCOCCOCCOCCOCCCCCC(=O)Oc4c(F)c(F)c(S(=O)(=O)O)c(F)c4F)C3)cc2N=C(N)C1. The Balaban J connectivity index is 0.839. The number of amides is 2. The van der Waals surface area contributed by atoms with E-state index in [1.54, 1.807) is 16.2 Å². The van der Waals surface area contributed by atoms with E-state index in [0.29, 0.717) is 188 Å². The first-order chi connectivity index (χ1) is 37.1. The van der Waals surface area contributed by atoms with E-state index in [0.717, 1.165) is 28.3 Å². The molecule has 21 nitrogen and oxygen atoms in total. The molecule has 0 bridgehead atoms. The Morgan fingerprint density at radius 2 is 1.19 bits per heavy atom. The normalized spacial score (nSPS) is 13.8. The second-order valence-corrected chi connectivity index (χ2v) is 20.1. The van der Waals surface area contributed by atoms with Gasteiger partial charge in [-0.3, -0.25) is 18.9 Å². The monoisotopic (exact) mass is 1140 g/mol. The largest absolute Gasteiger partial charge is 0.420 e. The summed E-state index contributed by atoms with van der Waals surface area (Å²) in [5, 5.41) is 9.28. The van der Waals surface area contributed by atoms with Crippen LogP contribution in [0.5, 0.6) is 5.75 Å². The number of aliphatic imine (C=N–C) groups is 1. The molecule has 27 heteroatoms. The van der Waals surface area contributed by atoms with Crippen LogP contribution in [0.4, 0.5) is 23.2 Å². The summed E-state index contributed by atoms with van der Waals surface area (Å²) < 4.78 is 140. The molecule has 0 radical (unpaired) electrons. The highest BCUT2D eigenvalue weighted by Gasteiger charge is 2.34. The van der Waals surface area contributed by atoms with Gasteiger partial charge in [-0.1, -0.05) is 13.3 Å². The lowest BCUT2D eigenvalue weighted by Crippen LogP contribution is -2.50. The van der Waals surface area contributed by atoms with Gasteiger partial charge in [0.05, 0.1) is 129 Å². The number of carbonyl (C=O) groups is 3. The number of nitrogens with zero attached hydrogens (tertiary/aromatic N) is 3. The van der Waals surface area contributed by atoms with E-state index in [1.807, 2.05) is 24.0 Å². The number of ether oxygens (including phenoxy) is 10. The number of rotatable bonds is 43. The van der Waals surface area contributed by atoms with E-state index < -0.39 is 50.0 Å². The lowest BCUT2D eigenvalue weighted by molar-refractivity contribution is -0.139. The summed E-state index contributed by atoms with van der Waals surface area (Å²) in [6.07, 6.45) is 5.46. The van der Waals surface area contributed by atoms with E-state index in [4.69, 9.17) is 52.9 Å². The van der Waals surface area contributed by atoms with Crippen molar-refractivity contribution >= 4 is 56.8 Å². The summed E-state index contributed by atoms with van der Waals surface area (Å²) >= 11 is 1.61. The van der Waals surface area contributed by atoms with E-state index in [1.165, 1.54) is 0 Å². The van der Waals surface area contributed by atoms with Crippen molar-refractivity contribution in [3.8, 4) is 5.75 Å². The van der Waals surface area contributed by atoms with Gasteiger partial charge in [0.2, 0.25) is 29.2 Å². The number of fused-ring (bicyclic) bond motifs is 1. The molecule has 2 aliphatic heterocycles. The molecule has 0 unspecified atom stereocenters. The lowest BCUT2D eigenvalue weighted by Gasteiger charge is -2.39. The highest BCUT2D eigenvalue weighted by Crippen LogP contribution is 2.37. The molecule has 436 valence electrons. The van der Waals surface area contributed by atoms with Gasteiger partial charge in [0.1, 0.15) is 5.84 Å². The molecule has 3 heterocycles. The molecule has 0 atom stereocenters. The molecule has 1 aromatic carbocycles. The Labute approximate surface area is 450 Å². The maximum Gasteiger partial charge on any atom is 0.311 e. The topological polar surface area (TPSA) is 263 Å². The molecule has 4 N–H and O–H groups in total. The predicted molar refractivity (Wildman–Crippen MR) is 273 cm³/mol. The van der Waals surface area contributed by atoms with Crippen LogP contribution in [-0.2, 0) is 73.6 Å². The molecule has 2 aliphatic rings. The third-order valence-electron chi connectivity index (χ3n) is 11.4. The second-order valence-electron chi connectivity index (χ2n) is 17.6. The van der Waals surface area contributed by atoms with Gasteiger partial charge in [0, 0.05) is 62.7 Å². The molecule has 2 amide bonds. The number of hydrogen-bond donors (Lipinski definition) is 3. The maximum atomic E-state index is 14.0. The third-order valence-corrected chi connectivity index (χ3v) is 13.4. The number of aliphatic hydroxyl groups is 1. The van der Waals surface area contributed by atoms with E-state index in [9.17, 15) is 45.5 Å². The minimum absolute atomic E-state index is 0.0253. The number of thiophene rings is 1. The first-order valence-corrected chi connectivity index (χ1v) is 28.0. The fraction of sp³-hybridized carbons (Fsp3) is 0.680. The minimum Gasteiger partial charge on any atom is -0.420 e. The smallest absolute Gasteiger partial charge is 0.311 e. The number of benzene rings is 1. The Hall–Kier alpha value is -4.23. The Kier molecular flexibility index (Phi) is 31.2. The number of likely N-dealkylation sites (tertiary alicyclic amines) is 1. The number of halogens is 4. The fourth-order valence-corrected chi connectivity index (χ4v) is 9.43. The van der Waals surface area contributed by atoms with Gasteiger partial charge in [0.15, 0.2) is 16.5 Å². The molecule has 1 fully saturated rings. The maximum absolute atomic E-state index is 14.0. The van der Waals surface area contributed by atoms with E-state index in [-0.39, 0.29) is 37.7 Å². The third kappa shape index (κ3) is 24.4. The number of amidine groups is 1. The van der Waals surface area contributed by atoms with Gasteiger partial charge in [-0.15, -0.1) is 11.3 Å². The zero-order valence-electron chi connectivity index (χ0n) is 43.6. The van der Waals surface area contributed by atoms with Gasteiger partial charge in [-0.25, -0.2) is 13.8 Å². The fourth-order valence-electron chi connectivity index (χ4n) is 7.61. The van der Waals surface area contributed by atoms with Crippen LogP contribution >= 0.6 is 11.3 Å². The number of esters is 1. The molecule has 0 aliphatic carbocycles. The van der Waals surface area contributed by atoms with Crippen LogP contribution in [0.3, 0.4) is 0 Å². The first-order valence-electron chi connectivity index (χ1n) is 25.7. The van der Waals surface area contributed by atoms with E-state index >= 15 is 0 Å². The Morgan fingerprint density at radius 3 is 1.68 bits per heavy atom. The van der Waals surface area contributed by atoms with Crippen molar-refractivity contribution in [1.29, 1.82) is 0 Å². The molecular weight excluding hydrogens is 1070 g/mol. The standard InChI is InChI=1S/C50H74F4N4O17S2/c1-2-9-57(10-6-11-59)50(62)37-31-40-39(56-41(55)32-37)33-38(76-40)30-36-34-58(35-36)42(60)8-13-67-15-17-69-19-21-71-23-25-73-27-29-74-28-26-72-24-22-70-20-18-68-16-14-66-12-5-3-4-7-43(61)75-48-44(51)46(53)49(77(63,64)65)47(54)45(48)52/h31,33,36,59H,2-30,32,34-35H2,1H3,(H2,55,56)(H,63,64,65). The van der Waals surface area contributed by atoms with Crippen molar-refractivity contribution in [1.82, 2.24) is 9.80 Å². The molecule has 1 aromatic heterocycles. The number of nitrogens with two attached hydrogens (primary N) is 1. The average Bonchev–Trinajstić information content (AvgIpc) is 3.69. The summed E-state index contributed by atoms with van der Waals surface area (Å²) in [7, 11) is -5.63. The van der Waals surface area contributed by atoms with Crippen LogP contribution in [0.1, 0.15) is 68.0 Å². The predicted octanol–water partition coefficient (Wildman–Crippen LogP) is 4.65. The van der Waals surface area contributed by atoms with Crippen LogP contribution in [-0.4, -0.2) is 203 Å². The number of aliphatic hydroxyl groups excluding tert-OH is 1. The molecule has 77 heavy (non-hydrogen) atoms. The quantitative estimate of drug-likeness (QED) is 0.0204. The van der Waals surface area contributed by atoms with Crippen LogP contribution < -0.4 is 10.5 Å². The first kappa shape index (κ1) is 65.3. The minimum atomic E-state index is -5.63. The average molecular weight is 1140 g/mol. The summed E-state index contributed by atoms with van der Waals surface area (Å²) in [4.78, 5) is 46.0. The second kappa shape index (κ2) is 36.8. The molecule has 0 spiro atoms. The summed E-state index contributed by atoms with van der Waals surface area (Å²) in [5.41, 5.74) is 7.59. The number of hydrogen-bond acceptors (Lipinski definition) is 19. The highest BCUT2D eigenvalue weighted by molar-refractivity contribution is 7.85. The van der Waals surface area contributed by atoms with Crippen LogP contribution in [0.15, 0.2) is 21.5 Å². The van der Waals surface area contributed by atoms with Gasteiger partial charge < -0.3 is 68.0 Å². The van der Waals surface area contributed by atoms with Crippen molar-refractivity contribution in [2.45, 2.75) is 69.6 Å². The lowest BCUT2D eigenvalue weighted by atomic mass is 9.95. The zero-order valence-corrected chi connectivity index (χ0v) is 45.3. The Morgan fingerprint density at radius 1 is 0.701 bits per heavy atom. The molecule has 0 saturated carbocycles. The summed E-state index contributed by atoms with van der Waals surface area (Å²) in [5.74, 6) is -11.6. The highest BCUT2D eigenvalue weighted by atomic mass is 32.2. The summed E-state index contributed by atoms with van der Waals surface area (Å²) in [6.45, 7) is 11.3. The van der Waals surface area contributed by atoms with Gasteiger partial charge >= 0.3 is 16.1 Å². The van der Waals surface area contributed by atoms with Crippen molar-refractivity contribution in [2.75, 3.05) is 152 Å². The van der Waals surface area contributed by atoms with Crippen molar-refractivity contribution in [2.24, 2.45) is 16.6 Å². The molecule has 1 saturated heterocycles. The summed E-state index contributed by atoms with van der Waals surface area (Å²) in [6, 6.07) is 2.03. The zero-order chi connectivity index (χ0) is 55.8. The van der Waals surface area contributed by atoms with Gasteiger partial charge in [-0.2, -0.15) is 17.2 Å². The molecule has 2 aromatic rings. The van der Waals surface area contributed by atoms with Crippen molar-refractivity contribution in [3.05, 3.63) is 44.7 Å². The molecule has 4 rings (SSSR count). The Bertz CT molecular complexity index is 2260. The van der Waals surface area contributed by atoms with Crippen molar-refractivity contribution < 1.29 is 97.4 Å². The van der Waals surface area contributed by atoms with E-state index in [2.05, 4.69) is 9.73 Å². The van der Waals surface area contributed by atoms with Crippen LogP contribution in [0.2, 0.25) is 0 Å². The molecular formula is C50H74F4N4O17S2. The van der Waals surface area contributed by atoms with Crippen LogP contribution in [0.25, 0.3) is 6.08 Å². The van der Waals surface area contributed by atoms with Gasteiger partial charge in [0.25, 0.3) is 0 Å². The van der Waals surface area contributed by atoms with Crippen LogP contribution in [0, 0.1) is 29.2 Å². The number of carbonyl (C=O) groups excluding carboxylic acids is 3. The van der Waals surface area contributed by atoms with Gasteiger partial charge in [-0.05, 0) is 50.2 Å².